The Morgan fingerprint density at radius 2 is 0.773 bits per heavy atom. The summed E-state index contributed by atoms with van der Waals surface area (Å²) in [5.74, 6) is 1.58. The highest BCUT2D eigenvalue weighted by Crippen LogP contribution is 2.38. The molecule has 0 aliphatic carbocycles. The highest BCUT2D eigenvalue weighted by molar-refractivity contribution is 6.08. The molecule has 0 saturated heterocycles. The van der Waals surface area contributed by atoms with Crippen molar-refractivity contribution in [1.29, 1.82) is 5.26 Å². The Kier molecular flexibility index (Phi) is 10.3. The molecule has 1 heterocycles. The molecule has 11 aromatic rings. The van der Waals surface area contributed by atoms with Crippen molar-refractivity contribution in [2.75, 3.05) is 0 Å². The summed E-state index contributed by atoms with van der Waals surface area (Å²) in [6.07, 6.45) is 0. The molecular weight excluding hydrogens is 803 g/mol. The zero-order valence-corrected chi connectivity index (χ0v) is 35.6. The lowest BCUT2D eigenvalue weighted by Crippen LogP contribution is -2.00. The van der Waals surface area contributed by atoms with Crippen LogP contribution in [0.25, 0.3) is 116 Å². The van der Waals surface area contributed by atoms with E-state index < -0.39 is 0 Å². The van der Waals surface area contributed by atoms with Crippen LogP contribution in [0.2, 0.25) is 0 Å². The highest BCUT2D eigenvalue weighted by atomic mass is 15.0. The Morgan fingerprint density at radius 3 is 1.44 bits per heavy atom. The van der Waals surface area contributed by atoms with Crippen LogP contribution in [0.15, 0.2) is 224 Å². The van der Waals surface area contributed by atoms with Crippen LogP contribution in [0.1, 0.15) is 5.56 Å². The van der Waals surface area contributed by atoms with Gasteiger partial charge in [0, 0.05) is 16.7 Å². The predicted octanol–water partition coefficient (Wildman–Crippen LogP) is 15.9. The van der Waals surface area contributed by atoms with Crippen molar-refractivity contribution in [2.45, 2.75) is 0 Å². The van der Waals surface area contributed by atoms with Gasteiger partial charge in [-0.2, -0.15) is 5.26 Å². The van der Waals surface area contributed by atoms with Crippen LogP contribution < -0.4 is 0 Å². The van der Waals surface area contributed by atoms with Crippen LogP contribution in [0, 0.1) is 17.9 Å². The van der Waals surface area contributed by atoms with Crippen molar-refractivity contribution in [3.05, 3.63) is 241 Å². The van der Waals surface area contributed by atoms with E-state index in [4.69, 9.17) is 21.5 Å². The third-order valence-electron chi connectivity index (χ3n) is 12.2. The third kappa shape index (κ3) is 7.64. The zero-order valence-electron chi connectivity index (χ0n) is 35.6. The summed E-state index contributed by atoms with van der Waals surface area (Å²) in [4.78, 5) is 18.7. The number of benzene rings is 10. The van der Waals surface area contributed by atoms with E-state index in [0.29, 0.717) is 28.7 Å². The number of fused-ring (bicyclic) bond motifs is 3. The third-order valence-corrected chi connectivity index (χ3v) is 12.2. The van der Waals surface area contributed by atoms with Gasteiger partial charge >= 0.3 is 0 Å². The van der Waals surface area contributed by atoms with Crippen molar-refractivity contribution < 1.29 is 0 Å². The summed E-state index contributed by atoms with van der Waals surface area (Å²) in [6.45, 7) is 8.16. The molecule has 0 bridgehead atoms. The number of nitriles is 1. The van der Waals surface area contributed by atoms with Gasteiger partial charge in [0.2, 0.25) is 0 Å². The quantitative estimate of drug-likeness (QED) is 0.113. The van der Waals surface area contributed by atoms with Crippen molar-refractivity contribution in [1.82, 2.24) is 15.0 Å². The summed E-state index contributed by atoms with van der Waals surface area (Å²) in [5, 5.41) is 15.1. The number of aromatic nitrogens is 3. The molecule has 0 aliphatic rings. The minimum Gasteiger partial charge on any atom is -0.237 e. The highest BCUT2D eigenvalue weighted by Gasteiger charge is 2.16. The monoisotopic (exact) mass is 839 g/mol. The average Bonchev–Trinajstić information content (AvgIpc) is 3.40. The molecule has 0 saturated carbocycles. The fraction of sp³-hybridized carbons (Fsp3) is 0. The minimum absolute atomic E-state index is 0.491. The summed E-state index contributed by atoms with van der Waals surface area (Å²) in [7, 11) is 0. The zero-order chi connectivity index (χ0) is 44.4. The number of hydrogen-bond acceptors (Lipinski definition) is 4. The van der Waals surface area contributed by atoms with Gasteiger partial charge in [0.1, 0.15) is 0 Å². The lowest BCUT2D eigenvalue weighted by atomic mass is 9.94. The van der Waals surface area contributed by atoms with Gasteiger partial charge in [0.05, 0.1) is 18.2 Å². The molecule has 306 valence electrons. The summed E-state index contributed by atoms with van der Waals surface area (Å²) < 4.78 is 0. The van der Waals surface area contributed by atoms with E-state index in [2.05, 4.69) is 138 Å². The van der Waals surface area contributed by atoms with Crippen LogP contribution >= 0.6 is 0 Å². The summed E-state index contributed by atoms with van der Waals surface area (Å²) >= 11 is 0. The lowest BCUT2D eigenvalue weighted by Gasteiger charge is -2.12. The van der Waals surface area contributed by atoms with Crippen LogP contribution in [-0.4, -0.2) is 15.0 Å². The summed E-state index contributed by atoms with van der Waals surface area (Å²) in [6, 6.07) is 78.8. The molecule has 0 N–H and O–H groups in total. The molecule has 66 heavy (non-hydrogen) atoms. The van der Waals surface area contributed by atoms with Crippen molar-refractivity contribution in [2.24, 2.45) is 0 Å². The second-order valence-electron chi connectivity index (χ2n) is 16.2. The summed E-state index contributed by atoms with van der Waals surface area (Å²) in [5.41, 5.74) is 13.8. The van der Waals surface area contributed by atoms with Crippen molar-refractivity contribution in [3.8, 4) is 95.9 Å². The molecule has 5 heteroatoms. The fourth-order valence-electron chi connectivity index (χ4n) is 8.76. The molecule has 0 fully saturated rings. The molecule has 11 rings (SSSR count). The number of hydrogen-bond donors (Lipinski definition) is 0. The Morgan fingerprint density at radius 1 is 0.333 bits per heavy atom. The van der Waals surface area contributed by atoms with E-state index in [9.17, 15) is 5.26 Å². The van der Waals surface area contributed by atoms with Gasteiger partial charge in [-0.25, -0.2) is 19.8 Å². The molecule has 0 unspecified atom stereocenters. The first-order chi connectivity index (χ1) is 32.6. The Labute approximate surface area is 383 Å². The van der Waals surface area contributed by atoms with Crippen molar-refractivity contribution in [3.63, 3.8) is 0 Å². The molecule has 0 radical (unpaired) electrons. The normalized spacial score (nSPS) is 11.0. The second kappa shape index (κ2) is 17.1. The van der Waals surface area contributed by atoms with Gasteiger partial charge in [0.25, 0.3) is 0 Å². The molecule has 0 spiro atoms. The van der Waals surface area contributed by atoms with Gasteiger partial charge < -0.3 is 0 Å². The fourth-order valence-corrected chi connectivity index (χ4v) is 8.76. The molecule has 10 aromatic carbocycles. The first-order valence-corrected chi connectivity index (χ1v) is 21.8. The Balaban J connectivity index is 0.858. The van der Waals surface area contributed by atoms with Gasteiger partial charge in [-0.05, 0) is 101 Å². The Bertz CT molecular complexity index is 3700. The smallest absolute Gasteiger partial charge is 0.195 e. The molecule has 0 amide bonds. The molecule has 1 aromatic heterocycles. The molecule has 0 atom stereocenters. The second-order valence-corrected chi connectivity index (χ2v) is 16.2. The number of rotatable bonds is 8. The largest absolute Gasteiger partial charge is 0.237 e. The van der Waals surface area contributed by atoms with E-state index in [0.717, 1.165) is 72.3 Å². The van der Waals surface area contributed by atoms with E-state index in [1.807, 2.05) is 97.1 Å². The van der Waals surface area contributed by atoms with Gasteiger partial charge in [-0.3, -0.25) is 0 Å². The average molecular weight is 840 g/mol. The van der Waals surface area contributed by atoms with Crippen LogP contribution in [0.3, 0.4) is 0 Å². The lowest BCUT2D eigenvalue weighted by molar-refractivity contribution is 1.07. The SMILES string of the molecule is [C-]#[N+]c1cc(-c2cccc(-c3ccc4ccc5ccccc5c4c3)c2)ccc1-c1ccc(-c2ccc(-c3nc(-c4ccccc4)nc(-c4ccc(-c5ccccc5)c(C#N)c4)n3)cc2)cc1. The van der Waals surface area contributed by atoms with Gasteiger partial charge in [0.15, 0.2) is 23.2 Å². The standard InChI is InChI=1S/C61H37N5/c1-63-58-38-51(49-17-10-16-48(35-49)50-30-27-45-26-25-43-13-8-9-18-55(43)57(45)37-50)31-34-56(58)44-23-19-40(20-24-44)41-21-28-47(29-22-41)60-64-59(46-14-6-3-7-15-46)65-61(66-60)52-32-33-54(53(36-52)39-62)42-11-4-2-5-12-42/h2-38H. The first-order valence-electron chi connectivity index (χ1n) is 21.8. The minimum atomic E-state index is 0.491. The maximum Gasteiger partial charge on any atom is 0.195 e. The van der Waals surface area contributed by atoms with Gasteiger partial charge in [-0.1, -0.05) is 200 Å². The van der Waals surface area contributed by atoms with E-state index in [1.165, 1.54) is 21.5 Å². The van der Waals surface area contributed by atoms with Crippen molar-refractivity contribution >= 4 is 27.2 Å². The molecule has 5 nitrogen and oxygen atoms in total. The topological polar surface area (TPSA) is 66.8 Å². The van der Waals surface area contributed by atoms with E-state index >= 15 is 0 Å². The van der Waals surface area contributed by atoms with E-state index in [1.54, 1.807) is 0 Å². The van der Waals surface area contributed by atoms with Crippen LogP contribution in [-0.2, 0) is 0 Å². The van der Waals surface area contributed by atoms with E-state index in [-0.39, 0.29) is 0 Å². The maximum atomic E-state index is 10.1. The first kappa shape index (κ1) is 39.5. The van der Waals surface area contributed by atoms with Crippen LogP contribution in [0.4, 0.5) is 5.69 Å². The Hall–Kier alpha value is -9.29. The van der Waals surface area contributed by atoms with Crippen LogP contribution in [0.5, 0.6) is 0 Å². The molecular formula is C61H37N5. The predicted molar refractivity (Wildman–Crippen MR) is 269 cm³/mol. The number of nitrogens with zero attached hydrogens (tertiary/aromatic N) is 5. The maximum absolute atomic E-state index is 10.1. The van der Waals surface area contributed by atoms with Gasteiger partial charge in [-0.15, -0.1) is 0 Å². The molecule has 0 aliphatic heterocycles.